The van der Waals surface area contributed by atoms with E-state index < -0.39 is 16.1 Å². The van der Waals surface area contributed by atoms with Crippen molar-refractivity contribution in [3.05, 3.63) is 64.2 Å². The normalized spacial score (nSPS) is 13.3. The number of hydrogen-bond acceptors (Lipinski definition) is 5. The molecular weight excluding hydrogens is 418 g/mol. The van der Waals surface area contributed by atoms with Gasteiger partial charge in [-0.15, -0.1) is 0 Å². The maximum absolute atomic E-state index is 12.7. The minimum Gasteiger partial charge on any atom is -0.329 e. The maximum atomic E-state index is 12.7. The standard InChI is InChI=1S/C21H23N5O4S/c1-13(2)26-11-9-19(24-26)31(29,30)25-21(28)23-20-16-5-3-4-14(16)6-7-17(20)15-8-10-22-18(27)12-15/h6-13H,3-5H2,1-2H3,(H,22,27)(H2,23,25,28). The van der Waals surface area contributed by atoms with Gasteiger partial charge in [-0.1, -0.05) is 12.1 Å². The number of amides is 2. The number of sulfonamides is 1. The zero-order valence-corrected chi connectivity index (χ0v) is 18.0. The summed E-state index contributed by atoms with van der Waals surface area (Å²) < 4.78 is 28.8. The molecule has 4 rings (SSSR count). The number of nitrogens with zero attached hydrogens (tertiary/aromatic N) is 2. The molecule has 0 radical (unpaired) electrons. The minimum absolute atomic E-state index is 0.0127. The Morgan fingerprint density at radius 2 is 2.00 bits per heavy atom. The fourth-order valence-corrected chi connectivity index (χ4v) is 4.57. The molecule has 0 unspecified atom stereocenters. The number of aromatic nitrogens is 3. The first kappa shape index (κ1) is 20.9. The number of rotatable bonds is 5. The molecule has 3 N–H and O–H groups in total. The summed E-state index contributed by atoms with van der Waals surface area (Å²) in [5.41, 5.74) is 3.59. The lowest BCUT2D eigenvalue weighted by Gasteiger charge is -2.16. The van der Waals surface area contributed by atoms with E-state index in [1.165, 1.54) is 23.0 Å². The van der Waals surface area contributed by atoms with Gasteiger partial charge in [0.2, 0.25) is 5.56 Å². The van der Waals surface area contributed by atoms with Crippen molar-refractivity contribution in [3.8, 4) is 11.1 Å². The van der Waals surface area contributed by atoms with Gasteiger partial charge in [0.1, 0.15) is 0 Å². The average Bonchev–Trinajstić information content (AvgIpc) is 3.38. The van der Waals surface area contributed by atoms with E-state index in [0.717, 1.165) is 30.4 Å². The van der Waals surface area contributed by atoms with Crippen molar-refractivity contribution in [3.63, 3.8) is 0 Å². The molecule has 31 heavy (non-hydrogen) atoms. The Morgan fingerprint density at radius 3 is 2.71 bits per heavy atom. The van der Waals surface area contributed by atoms with Crippen molar-refractivity contribution >= 4 is 21.7 Å². The number of anilines is 1. The molecule has 0 spiro atoms. The van der Waals surface area contributed by atoms with Crippen molar-refractivity contribution in [1.82, 2.24) is 19.5 Å². The molecule has 2 heterocycles. The number of carbonyl (C=O) groups is 1. The van der Waals surface area contributed by atoms with Crippen LogP contribution in [0.4, 0.5) is 10.5 Å². The van der Waals surface area contributed by atoms with Crippen LogP contribution in [0.5, 0.6) is 0 Å². The molecule has 9 nitrogen and oxygen atoms in total. The quantitative estimate of drug-likeness (QED) is 0.561. The number of fused-ring (bicyclic) bond motifs is 1. The van der Waals surface area contributed by atoms with Gasteiger partial charge in [0, 0.05) is 30.1 Å². The van der Waals surface area contributed by atoms with Gasteiger partial charge >= 0.3 is 6.03 Å². The number of nitrogens with one attached hydrogen (secondary N) is 3. The summed E-state index contributed by atoms with van der Waals surface area (Å²) in [5.74, 6) is 0. The fraction of sp³-hybridized carbons (Fsp3) is 0.286. The zero-order valence-electron chi connectivity index (χ0n) is 17.2. The number of aromatic amines is 1. The van der Waals surface area contributed by atoms with E-state index in [2.05, 4.69) is 15.4 Å². The van der Waals surface area contributed by atoms with Gasteiger partial charge in [0.25, 0.3) is 10.0 Å². The van der Waals surface area contributed by atoms with Crippen LogP contribution >= 0.6 is 0 Å². The number of urea groups is 1. The Bertz CT molecular complexity index is 1310. The SMILES string of the molecule is CC(C)n1ccc(S(=O)(=O)NC(=O)Nc2c(-c3cc[nH]c(=O)c3)ccc3c2CCC3)n1. The average molecular weight is 442 g/mol. The number of aryl methyl sites for hydroxylation is 1. The van der Waals surface area contributed by atoms with Crippen LogP contribution in [0.1, 0.15) is 37.4 Å². The Kier molecular flexibility index (Phi) is 5.40. The van der Waals surface area contributed by atoms with Gasteiger partial charge < -0.3 is 10.3 Å². The van der Waals surface area contributed by atoms with Gasteiger partial charge in [-0.05, 0) is 61.9 Å². The van der Waals surface area contributed by atoms with E-state index in [-0.39, 0.29) is 16.6 Å². The number of H-pyrrole nitrogens is 1. The first-order valence-electron chi connectivity index (χ1n) is 9.97. The molecule has 1 aliphatic rings. The molecule has 0 atom stereocenters. The van der Waals surface area contributed by atoms with Gasteiger partial charge in [-0.2, -0.15) is 13.5 Å². The number of benzene rings is 1. The van der Waals surface area contributed by atoms with Crippen molar-refractivity contribution in [2.24, 2.45) is 0 Å². The van der Waals surface area contributed by atoms with E-state index in [4.69, 9.17) is 0 Å². The number of pyridine rings is 1. The van der Waals surface area contributed by atoms with Crippen molar-refractivity contribution in [2.75, 3.05) is 5.32 Å². The molecule has 10 heteroatoms. The van der Waals surface area contributed by atoms with E-state index in [0.29, 0.717) is 16.8 Å². The molecule has 0 fully saturated rings. The summed E-state index contributed by atoms with van der Waals surface area (Å²) >= 11 is 0. The van der Waals surface area contributed by atoms with E-state index in [9.17, 15) is 18.0 Å². The Balaban J connectivity index is 1.65. The van der Waals surface area contributed by atoms with Crippen LogP contribution in [-0.2, 0) is 22.9 Å². The molecule has 0 aliphatic heterocycles. The molecule has 2 amide bonds. The van der Waals surface area contributed by atoms with E-state index in [1.54, 1.807) is 12.3 Å². The Labute approximate surface area is 179 Å². The molecular formula is C21H23N5O4S. The largest absolute Gasteiger partial charge is 0.333 e. The first-order valence-corrected chi connectivity index (χ1v) is 11.5. The third kappa shape index (κ3) is 4.24. The highest BCUT2D eigenvalue weighted by atomic mass is 32.2. The van der Waals surface area contributed by atoms with Crippen molar-refractivity contribution < 1.29 is 13.2 Å². The second-order valence-electron chi connectivity index (χ2n) is 7.71. The predicted octanol–water partition coefficient (Wildman–Crippen LogP) is 2.82. The molecule has 0 bridgehead atoms. The molecule has 0 saturated heterocycles. The van der Waals surface area contributed by atoms with Crippen molar-refractivity contribution in [2.45, 2.75) is 44.2 Å². The summed E-state index contributed by atoms with van der Waals surface area (Å²) in [6.07, 6.45) is 5.66. The first-order chi connectivity index (χ1) is 14.7. The second-order valence-corrected chi connectivity index (χ2v) is 9.34. The van der Waals surface area contributed by atoms with E-state index in [1.807, 2.05) is 30.7 Å². The molecule has 162 valence electrons. The zero-order chi connectivity index (χ0) is 22.2. The lowest BCUT2D eigenvalue weighted by Crippen LogP contribution is -2.35. The molecule has 1 aliphatic carbocycles. The predicted molar refractivity (Wildman–Crippen MR) is 116 cm³/mol. The van der Waals surface area contributed by atoms with Gasteiger partial charge in [-0.3, -0.25) is 9.48 Å². The van der Waals surface area contributed by atoms with Crippen LogP contribution in [0, 0.1) is 0 Å². The van der Waals surface area contributed by atoms with Crippen LogP contribution < -0.4 is 15.6 Å². The molecule has 1 aromatic carbocycles. The number of carbonyl (C=O) groups excluding carboxylic acids is 1. The van der Waals surface area contributed by atoms with Crippen LogP contribution in [0.2, 0.25) is 0 Å². The summed E-state index contributed by atoms with van der Waals surface area (Å²) in [6.45, 7) is 3.74. The van der Waals surface area contributed by atoms with Crippen molar-refractivity contribution in [1.29, 1.82) is 0 Å². The third-order valence-corrected chi connectivity index (χ3v) is 6.45. The molecule has 3 aromatic rings. The highest BCUT2D eigenvalue weighted by Gasteiger charge is 2.24. The highest BCUT2D eigenvalue weighted by Crippen LogP contribution is 2.37. The van der Waals surface area contributed by atoms with Gasteiger partial charge in [0.15, 0.2) is 5.03 Å². The summed E-state index contributed by atoms with van der Waals surface area (Å²) in [7, 11) is -4.14. The monoisotopic (exact) mass is 441 g/mol. The summed E-state index contributed by atoms with van der Waals surface area (Å²) in [6, 6.07) is 7.44. The maximum Gasteiger partial charge on any atom is 0.333 e. The summed E-state index contributed by atoms with van der Waals surface area (Å²) in [4.78, 5) is 27.0. The van der Waals surface area contributed by atoms with Crippen LogP contribution in [0.15, 0.2) is 52.5 Å². The fourth-order valence-electron chi connectivity index (χ4n) is 3.73. The topological polar surface area (TPSA) is 126 Å². The second kappa shape index (κ2) is 8.03. The van der Waals surface area contributed by atoms with Crippen LogP contribution in [0.25, 0.3) is 11.1 Å². The third-order valence-electron chi connectivity index (χ3n) is 5.22. The lowest BCUT2D eigenvalue weighted by molar-refractivity contribution is 0.256. The number of hydrogen-bond donors (Lipinski definition) is 3. The van der Waals surface area contributed by atoms with E-state index >= 15 is 0 Å². The Morgan fingerprint density at radius 1 is 1.19 bits per heavy atom. The lowest BCUT2D eigenvalue weighted by atomic mass is 9.98. The molecule has 2 aromatic heterocycles. The van der Waals surface area contributed by atoms with Crippen LogP contribution in [0.3, 0.4) is 0 Å². The highest BCUT2D eigenvalue weighted by molar-refractivity contribution is 7.90. The van der Waals surface area contributed by atoms with Crippen LogP contribution in [-0.4, -0.2) is 29.2 Å². The smallest absolute Gasteiger partial charge is 0.329 e. The van der Waals surface area contributed by atoms with Gasteiger partial charge in [0.05, 0.1) is 5.69 Å². The Hall–Kier alpha value is -3.40. The minimum atomic E-state index is -4.14. The summed E-state index contributed by atoms with van der Waals surface area (Å²) in [5, 5.41) is 6.50. The van der Waals surface area contributed by atoms with Gasteiger partial charge in [-0.25, -0.2) is 9.52 Å². The molecule has 0 saturated carbocycles.